The third-order valence-corrected chi connectivity index (χ3v) is 3.09. The Bertz CT molecular complexity index is 138. The van der Waals surface area contributed by atoms with Crippen LogP contribution in [0.2, 0.25) is 0 Å². The third kappa shape index (κ3) is 7.80. The van der Waals surface area contributed by atoms with Gasteiger partial charge < -0.3 is 10.8 Å². The molecular formula is C13H29NO. The molecule has 0 spiro atoms. The van der Waals surface area contributed by atoms with Crippen molar-refractivity contribution in [3.8, 4) is 0 Å². The van der Waals surface area contributed by atoms with Crippen molar-refractivity contribution < 1.29 is 5.11 Å². The molecule has 92 valence electrons. The summed E-state index contributed by atoms with van der Waals surface area (Å²) in [6, 6.07) is 0. The lowest BCUT2D eigenvalue weighted by atomic mass is 9.89. The second-order valence-corrected chi connectivity index (χ2v) is 4.79. The molecule has 0 heterocycles. The summed E-state index contributed by atoms with van der Waals surface area (Å²) in [6.45, 7) is 4.49. The molecule has 0 aromatic carbocycles. The Morgan fingerprint density at radius 2 is 1.47 bits per heavy atom. The summed E-state index contributed by atoms with van der Waals surface area (Å²) in [7, 11) is 0. The van der Waals surface area contributed by atoms with Crippen LogP contribution in [0.25, 0.3) is 0 Å². The van der Waals surface area contributed by atoms with E-state index in [1.807, 2.05) is 0 Å². The summed E-state index contributed by atoms with van der Waals surface area (Å²) in [6.07, 6.45) is 10.7. The highest BCUT2D eigenvalue weighted by atomic mass is 16.3. The van der Waals surface area contributed by atoms with Crippen molar-refractivity contribution >= 4 is 0 Å². The summed E-state index contributed by atoms with van der Waals surface area (Å²) in [5.74, 6) is 0. The summed E-state index contributed by atoms with van der Waals surface area (Å²) < 4.78 is 0. The van der Waals surface area contributed by atoms with Gasteiger partial charge in [0, 0.05) is 5.54 Å². The Labute approximate surface area is 95.3 Å². The Morgan fingerprint density at radius 1 is 0.867 bits per heavy atom. The fourth-order valence-corrected chi connectivity index (χ4v) is 2.04. The summed E-state index contributed by atoms with van der Waals surface area (Å²) in [5, 5.41) is 9.23. The smallest absolute Gasteiger partial charge is 0.0611 e. The lowest BCUT2D eigenvalue weighted by molar-refractivity contribution is 0.174. The van der Waals surface area contributed by atoms with Gasteiger partial charge in [0.2, 0.25) is 0 Å². The predicted octanol–water partition coefficient (Wildman–Crippen LogP) is 3.23. The van der Waals surface area contributed by atoms with Crippen LogP contribution in [0, 0.1) is 0 Å². The van der Waals surface area contributed by atoms with E-state index in [9.17, 15) is 5.11 Å². The molecule has 0 aliphatic carbocycles. The molecule has 0 radical (unpaired) electrons. The van der Waals surface area contributed by atoms with Gasteiger partial charge in [-0.1, -0.05) is 58.8 Å². The van der Waals surface area contributed by atoms with Crippen molar-refractivity contribution in [1.82, 2.24) is 0 Å². The van der Waals surface area contributed by atoms with Gasteiger partial charge in [-0.3, -0.25) is 0 Å². The van der Waals surface area contributed by atoms with E-state index >= 15 is 0 Å². The topological polar surface area (TPSA) is 46.2 Å². The molecule has 0 aliphatic rings. The van der Waals surface area contributed by atoms with Crippen LogP contribution >= 0.6 is 0 Å². The van der Waals surface area contributed by atoms with Gasteiger partial charge in [0.1, 0.15) is 0 Å². The molecule has 2 heteroatoms. The van der Waals surface area contributed by atoms with Crippen molar-refractivity contribution in [2.45, 2.75) is 77.2 Å². The van der Waals surface area contributed by atoms with E-state index in [1.165, 1.54) is 38.5 Å². The summed E-state index contributed by atoms with van der Waals surface area (Å²) in [5.41, 5.74) is 5.79. The van der Waals surface area contributed by atoms with Crippen molar-refractivity contribution in [2.75, 3.05) is 6.61 Å². The Hall–Kier alpha value is -0.0800. The highest BCUT2D eigenvalue weighted by molar-refractivity contribution is 4.82. The number of nitrogens with two attached hydrogens (primary N) is 1. The molecule has 15 heavy (non-hydrogen) atoms. The molecule has 1 atom stereocenters. The standard InChI is InChI=1S/C13H29NO/c1-3-5-6-7-8-9-11-13(14,12-15)10-4-2/h15H,3-12,14H2,1-2H3. The molecule has 0 aromatic heterocycles. The van der Waals surface area contributed by atoms with Gasteiger partial charge in [-0.25, -0.2) is 0 Å². The van der Waals surface area contributed by atoms with Crippen molar-refractivity contribution in [3.63, 3.8) is 0 Å². The molecular weight excluding hydrogens is 186 g/mol. The van der Waals surface area contributed by atoms with Gasteiger partial charge in [0.15, 0.2) is 0 Å². The molecule has 0 saturated carbocycles. The molecule has 0 bridgehead atoms. The number of aliphatic hydroxyl groups is 1. The molecule has 0 fully saturated rings. The van der Waals surface area contributed by atoms with Crippen LogP contribution in [0.15, 0.2) is 0 Å². The number of hydrogen-bond donors (Lipinski definition) is 2. The monoisotopic (exact) mass is 215 g/mol. The van der Waals surface area contributed by atoms with Gasteiger partial charge in [-0.05, 0) is 12.8 Å². The second kappa shape index (κ2) is 9.17. The van der Waals surface area contributed by atoms with E-state index in [4.69, 9.17) is 5.73 Å². The molecule has 0 aromatic rings. The van der Waals surface area contributed by atoms with E-state index in [-0.39, 0.29) is 12.1 Å². The van der Waals surface area contributed by atoms with Crippen LogP contribution in [0.1, 0.15) is 71.6 Å². The molecule has 1 unspecified atom stereocenters. The quantitative estimate of drug-likeness (QED) is 0.550. The fourth-order valence-electron chi connectivity index (χ4n) is 2.04. The molecule has 2 nitrogen and oxygen atoms in total. The number of hydrogen-bond acceptors (Lipinski definition) is 2. The largest absolute Gasteiger partial charge is 0.394 e. The van der Waals surface area contributed by atoms with Crippen molar-refractivity contribution in [2.24, 2.45) is 5.73 Å². The molecule has 0 rings (SSSR count). The van der Waals surface area contributed by atoms with E-state index in [1.54, 1.807) is 0 Å². The van der Waals surface area contributed by atoms with E-state index in [0.717, 1.165) is 19.3 Å². The third-order valence-electron chi connectivity index (χ3n) is 3.09. The molecule has 0 aliphatic heterocycles. The first-order chi connectivity index (χ1) is 7.18. The first-order valence-corrected chi connectivity index (χ1v) is 6.58. The maximum absolute atomic E-state index is 9.23. The van der Waals surface area contributed by atoms with Crippen LogP contribution < -0.4 is 5.73 Å². The van der Waals surface area contributed by atoms with Crippen LogP contribution in [0.3, 0.4) is 0 Å². The van der Waals surface area contributed by atoms with Crippen LogP contribution in [0.5, 0.6) is 0 Å². The first-order valence-electron chi connectivity index (χ1n) is 6.58. The van der Waals surface area contributed by atoms with Crippen molar-refractivity contribution in [3.05, 3.63) is 0 Å². The highest BCUT2D eigenvalue weighted by Crippen LogP contribution is 2.18. The van der Waals surface area contributed by atoms with Gasteiger partial charge >= 0.3 is 0 Å². The minimum absolute atomic E-state index is 0.135. The van der Waals surface area contributed by atoms with E-state index in [0.29, 0.717) is 0 Å². The van der Waals surface area contributed by atoms with Crippen LogP contribution in [-0.4, -0.2) is 17.3 Å². The van der Waals surface area contributed by atoms with E-state index < -0.39 is 0 Å². The maximum atomic E-state index is 9.23. The van der Waals surface area contributed by atoms with Gasteiger partial charge in [0.05, 0.1) is 6.61 Å². The van der Waals surface area contributed by atoms with Gasteiger partial charge in [-0.2, -0.15) is 0 Å². The number of unbranched alkanes of at least 4 members (excludes halogenated alkanes) is 5. The molecule has 3 N–H and O–H groups in total. The Kier molecular flexibility index (Phi) is 9.12. The number of aliphatic hydroxyl groups excluding tert-OH is 1. The van der Waals surface area contributed by atoms with Crippen LogP contribution in [-0.2, 0) is 0 Å². The maximum Gasteiger partial charge on any atom is 0.0611 e. The predicted molar refractivity (Wildman–Crippen MR) is 66.9 cm³/mol. The van der Waals surface area contributed by atoms with E-state index in [2.05, 4.69) is 13.8 Å². The van der Waals surface area contributed by atoms with Gasteiger partial charge in [-0.15, -0.1) is 0 Å². The zero-order valence-electron chi connectivity index (χ0n) is 10.6. The summed E-state index contributed by atoms with van der Waals surface area (Å²) in [4.78, 5) is 0. The first kappa shape index (κ1) is 14.9. The number of rotatable bonds is 10. The van der Waals surface area contributed by atoms with Crippen molar-refractivity contribution in [1.29, 1.82) is 0 Å². The summed E-state index contributed by atoms with van der Waals surface area (Å²) >= 11 is 0. The lowest BCUT2D eigenvalue weighted by Gasteiger charge is -2.26. The Balaban J connectivity index is 3.46. The Morgan fingerprint density at radius 3 is 2.00 bits per heavy atom. The minimum Gasteiger partial charge on any atom is -0.394 e. The second-order valence-electron chi connectivity index (χ2n) is 4.79. The fraction of sp³-hybridized carbons (Fsp3) is 1.00. The minimum atomic E-state index is -0.306. The normalized spacial score (nSPS) is 15.2. The lowest BCUT2D eigenvalue weighted by Crippen LogP contribution is -2.43. The zero-order valence-corrected chi connectivity index (χ0v) is 10.6. The zero-order chi connectivity index (χ0) is 11.6. The molecule has 0 amide bonds. The SMILES string of the molecule is CCCCCCCCC(N)(CO)CCC. The average Bonchev–Trinajstić information content (AvgIpc) is 2.24. The van der Waals surface area contributed by atoms with Crippen LogP contribution in [0.4, 0.5) is 0 Å². The van der Waals surface area contributed by atoms with Gasteiger partial charge in [0.25, 0.3) is 0 Å². The average molecular weight is 215 g/mol. The molecule has 0 saturated heterocycles. The highest BCUT2D eigenvalue weighted by Gasteiger charge is 2.21.